The maximum absolute atomic E-state index is 12.9. The summed E-state index contributed by atoms with van der Waals surface area (Å²) in [5.74, 6) is -1.06. The van der Waals surface area contributed by atoms with Gasteiger partial charge in [0.15, 0.2) is 5.03 Å². The molecule has 0 atom stereocenters. The van der Waals surface area contributed by atoms with E-state index < -0.39 is 33.7 Å². The zero-order chi connectivity index (χ0) is 20.3. The summed E-state index contributed by atoms with van der Waals surface area (Å²) < 4.78 is 39.1. The molecule has 0 radical (unpaired) electrons. The molecule has 0 aliphatic carbocycles. The fourth-order valence-electron chi connectivity index (χ4n) is 2.39. The molecule has 0 aliphatic rings. The van der Waals surface area contributed by atoms with E-state index in [0.29, 0.717) is 5.69 Å². The van der Waals surface area contributed by atoms with E-state index in [1.165, 1.54) is 36.4 Å². The minimum Gasteiger partial charge on any atom is -0.324 e. The number of amides is 1. The van der Waals surface area contributed by atoms with Crippen molar-refractivity contribution in [2.24, 2.45) is 0 Å². The Morgan fingerprint density at radius 3 is 2.32 bits per heavy atom. The van der Waals surface area contributed by atoms with Gasteiger partial charge in [-0.15, -0.1) is 0 Å². The maximum atomic E-state index is 12.9. The normalized spacial score (nSPS) is 11.2. The quantitative estimate of drug-likeness (QED) is 0.707. The number of rotatable bonds is 5. The van der Waals surface area contributed by atoms with Crippen molar-refractivity contribution in [3.05, 3.63) is 82.4 Å². The van der Waals surface area contributed by atoms with Crippen LogP contribution in [-0.4, -0.2) is 24.1 Å². The summed E-state index contributed by atoms with van der Waals surface area (Å²) in [6, 6.07) is 13.4. The average molecular weight is 401 g/mol. The highest BCUT2D eigenvalue weighted by Gasteiger charge is 2.21. The van der Waals surface area contributed by atoms with Gasteiger partial charge in [0.25, 0.3) is 5.56 Å². The summed E-state index contributed by atoms with van der Waals surface area (Å²) in [5.41, 5.74) is 0.606. The molecule has 3 rings (SSSR count). The zero-order valence-electron chi connectivity index (χ0n) is 14.8. The first-order chi connectivity index (χ1) is 13.3. The van der Waals surface area contributed by atoms with Crippen molar-refractivity contribution in [3.63, 3.8) is 0 Å². The second-order valence-corrected chi connectivity index (χ2v) is 7.94. The average Bonchev–Trinajstić information content (AvgIpc) is 2.65. The summed E-state index contributed by atoms with van der Waals surface area (Å²) in [7, 11) is -3.94. The number of aryl methyl sites for hydroxylation is 1. The number of carbonyl (C=O) groups excluding carboxylic acids is 1. The van der Waals surface area contributed by atoms with Gasteiger partial charge in [0.2, 0.25) is 15.7 Å². The zero-order valence-corrected chi connectivity index (χ0v) is 15.6. The van der Waals surface area contributed by atoms with Gasteiger partial charge in [-0.1, -0.05) is 17.7 Å². The minimum atomic E-state index is -3.94. The van der Waals surface area contributed by atoms with Crippen LogP contribution in [0.25, 0.3) is 0 Å². The van der Waals surface area contributed by atoms with E-state index in [4.69, 9.17) is 0 Å². The van der Waals surface area contributed by atoms with E-state index in [9.17, 15) is 22.4 Å². The third kappa shape index (κ3) is 4.32. The molecule has 0 fully saturated rings. The van der Waals surface area contributed by atoms with Crippen molar-refractivity contribution < 1.29 is 17.6 Å². The third-order valence-corrected chi connectivity index (χ3v) is 5.53. The minimum absolute atomic E-state index is 0.0339. The van der Waals surface area contributed by atoms with Gasteiger partial charge in [-0.05, 0) is 49.4 Å². The molecule has 0 spiro atoms. The van der Waals surface area contributed by atoms with Crippen LogP contribution in [0.15, 0.2) is 75.4 Å². The van der Waals surface area contributed by atoms with Crippen molar-refractivity contribution in [3.8, 4) is 0 Å². The van der Waals surface area contributed by atoms with Crippen molar-refractivity contribution in [1.82, 2.24) is 9.78 Å². The molecule has 1 N–H and O–H groups in total. The van der Waals surface area contributed by atoms with Crippen molar-refractivity contribution in [2.45, 2.75) is 23.4 Å². The molecule has 1 heterocycles. The smallest absolute Gasteiger partial charge is 0.267 e. The molecular formula is C19H16FN3O4S. The Hall–Kier alpha value is -3.33. The number of sulfone groups is 1. The lowest BCUT2D eigenvalue weighted by Crippen LogP contribution is -2.30. The molecule has 1 amide bonds. The van der Waals surface area contributed by atoms with Crippen LogP contribution >= 0.6 is 0 Å². The van der Waals surface area contributed by atoms with Crippen LogP contribution in [0, 0.1) is 12.7 Å². The van der Waals surface area contributed by atoms with E-state index in [1.807, 2.05) is 6.92 Å². The number of nitrogens with zero attached hydrogens (tertiary/aromatic N) is 2. The van der Waals surface area contributed by atoms with Crippen LogP contribution in [-0.2, 0) is 21.2 Å². The summed E-state index contributed by atoms with van der Waals surface area (Å²) in [4.78, 5) is 24.2. The molecule has 3 aromatic rings. The highest BCUT2D eigenvalue weighted by molar-refractivity contribution is 7.91. The van der Waals surface area contributed by atoms with Crippen LogP contribution in [0.2, 0.25) is 0 Å². The molecule has 1 aromatic heterocycles. The lowest BCUT2D eigenvalue weighted by Gasteiger charge is -2.09. The highest BCUT2D eigenvalue weighted by Crippen LogP contribution is 2.18. The molecule has 0 saturated heterocycles. The number of halogens is 1. The van der Waals surface area contributed by atoms with E-state index in [-0.39, 0.29) is 9.92 Å². The van der Waals surface area contributed by atoms with E-state index in [0.717, 1.165) is 22.4 Å². The van der Waals surface area contributed by atoms with Gasteiger partial charge in [-0.3, -0.25) is 9.59 Å². The fourth-order valence-corrected chi connectivity index (χ4v) is 3.58. The van der Waals surface area contributed by atoms with Crippen LogP contribution in [0.1, 0.15) is 5.56 Å². The lowest BCUT2D eigenvalue weighted by atomic mass is 10.2. The van der Waals surface area contributed by atoms with Gasteiger partial charge in [0.05, 0.1) is 4.90 Å². The van der Waals surface area contributed by atoms with Gasteiger partial charge >= 0.3 is 0 Å². The Bertz CT molecular complexity index is 1170. The molecule has 9 heteroatoms. The number of aromatic nitrogens is 2. The molecule has 144 valence electrons. The lowest BCUT2D eigenvalue weighted by molar-refractivity contribution is -0.117. The van der Waals surface area contributed by atoms with Crippen LogP contribution < -0.4 is 10.9 Å². The first-order valence-electron chi connectivity index (χ1n) is 8.21. The Kier molecular flexibility index (Phi) is 5.36. The fraction of sp³-hybridized carbons (Fsp3) is 0.105. The molecule has 0 bridgehead atoms. The Labute approximate surface area is 160 Å². The van der Waals surface area contributed by atoms with Crippen LogP contribution in [0.5, 0.6) is 0 Å². The molecule has 2 aromatic carbocycles. The molecule has 0 unspecified atom stereocenters. The van der Waals surface area contributed by atoms with Gasteiger partial charge in [0.1, 0.15) is 12.4 Å². The predicted molar refractivity (Wildman–Crippen MR) is 100 cm³/mol. The topological polar surface area (TPSA) is 98.1 Å². The first-order valence-corrected chi connectivity index (χ1v) is 9.69. The Morgan fingerprint density at radius 2 is 1.68 bits per heavy atom. The van der Waals surface area contributed by atoms with Crippen molar-refractivity contribution in [2.75, 3.05) is 5.32 Å². The van der Waals surface area contributed by atoms with Crippen molar-refractivity contribution in [1.29, 1.82) is 0 Å². The first kappa shape index (κ1) is 19.4. The van der Waals surface area contributed by atoms with Gasteiger partial charge in [-0.2, -0.15) is 5.10 Å². The SMILES string of the molecule is Cc1ccc(S(=O)(=O)c2ccc(=O)n(CC(=O)Nc3ccc(F)cc3)n2)cc1. The summed E-state index contributed by atoms with van der Waals surface area (Å²) in [6.45, 7) is 1.34. The van der Waals surface area contributed by atoms with Crippen molar-refractivity contribution >= 4 is 21.4 Å². The largest absolute Gasteiger partial charge is 0.324 e. The number of hydrogen-bond donors (Lipinski definition) is 1. The van der Waals surface area contributed by atoms with Gasteiger partial charge in [-0.25, -0.2) is 17.5 Å². The number of anilines is 1. The molecule has 28 heavy (non-hydrogen) atoms. The molecule has 0 aliphatic heterocycles. The molecular weight excluding hydrogens is 385 g/mol. The van der Waals surface area contributed by atoms with Gasteiger partial charge < -0.3 is 5.32 Å². The van der Waals surface area contributed by atoms with E-state index >= 15 is 0 Å². The number of benzene rings is 2. The Balaban J connectivity index is 1.85. The monoisotopic (exact) mass is 401 g/mol. The highest BCUT2D eigenvalue weighted by atomic mass is 32.2. The van der Waals surface area contributed by atoms with E-state index in [1.54, 1.807) is 12.1 Å². The Morgan fingerprint density at radius 1 is 1.04 bits per heavy atom. The van der Waals surface area contributed by atoms with Gasteiger partial charge in [0, 0.05) is 11.8 Å². The molecule has 0 saturated carbocycles. The second-order valence-electron chi connectivity index (χ2n) is 6.04. The summed E-state index contributed by atoms with van der Waals surface area (Å²) >= 11 is 0. The summed E-state index contributed by atoms with van der Waals surface area (Å²) in [6.07, 6.45) is 0. The molecule has 7 nitrogen and oxygen atoms in total. The van der Waals surface area contributed by atoms with E-state index in [2.05, 4.69) is 10.4 Å². The second kappa shape index (κ2) is 7.73. The summed E-state index contributed by atoms with van der Waals surface area (Å²) in [5, 5.41) is 5.98. The maximum Gasteiger partial charge on any atom is 0.267 e. The number of carbonyl (C=O) groups is 1. The standard InChI is InChI=1S/C19H16FN3O4S/c1-13-2-8-16(9-3-13)28(26,27)18-10-11-19(25)23(22-18)12-17(24)21-15-6-4-14(20)5-7-15/h2-11H,12H2,1H3,(H,21,24). The predicted octanol–water partition coefficient (Wildman–Crippen LogP) is 2.16. The van der Waals surface area contributed by atoms with Crippen LogP contribution in [0.3, 0.4) is 0 Å². The van der Waals surface area contributed by atoms with Crippen LogP contribution in [0.4, 0.5) is 10.1 Å². The number of hydrogen-bond acceptors (Lipinski definition) is 5. The third-order valence-electron chi connectivity index (χ3n) is 3.87. The number of nitrogens with one attached hydrogen (secondary N) is 1.